The van der Waals surface area contributed by atoms with Gasteiger partial charge in [0.15, 0.2) is 6.29 Å². The van der Waals surface area contributed by atoms with E-state index in [0.29, 0.717) is 5.56 Å². The molecule has 0 bridgehead atoms. The molecule has 1 aliphatic rings. The summed E-state index contributed by atoms with van der Waals surface area (Å²) in [6, 6.07) is 1.81. The molecule has 1 fully saturated rings. The monoisotopic (exact) mass is 303 g/mol. The van der Waals surface area contributed by atoms with Crippen LogP contribution in [0.25, 0.3) is 11.4 Å². The van der Waals surface area contributed by atoms with E-state index in [9.17, 15) is 4.79 Å². The molecule has 2 atom stereocenters. The van der Waals surface area contributed by atoms with Crippen molar-refractivity contribution in [2.24, 2.45) is 0 Å². The Labute approximate surface area is 127 Å². The third-order valence-corrected chi connectivity index (χ3v) is 4.08. The summed E-state index contributed by atoms with van der Waals surface area (Å²) in [4.78, 5) is 22.3. The smallest absolute Gasteiger partial charge is 0.152 e. The first kappa shape index (κ1) is 14.2. The fourth-order valence-electron chi connectivity index (χ4n) is 2.68. The van der Waals surface area contributed by atoms with E-state index in [4.69, 9.17) is 4.74 Å². The van der Waals surface area contributed by atoms with Gasteiger partial charge in [-0.05, 0) is 19.9 Å². The van der Waals surface area contributed by atoms with Crippen LogP contribution in [0.15, 0.2) is 23.2 Å². The second-order valence-corrected chi connectivity index (χ2v) is 6.00. The van der Waals surface area contributed by atoms with Crippen LogP contribution in [0.3, 0.4) is 0 Å². The zero-order valence-electron chi connectivity index (χ0n) is 12.0. The molecule has 0 aromatic carbocycles. The van der Waals surface area contributed by atoms with E-state index < -0.39 is 0 Å². The van der Waals surface area contributed by atoms with E-state index in [1.165, 1.54) is 11.3 Å². The third-order valence-electron chi connectivity index (χ3n) is 3.50. The van der Waals surface area contributed by atoms with Crippen molar-refractivity contribution in [2.75, 3.05) is 18.0 Å². The fourth-order valence-corrected chi connectivity index (χ4v) is 3.22. The number of hydrogen-bond acceptors (Lipinski definition) is 6. The fraction of sp³-hybridized carbons (Fsp3) is 0.400. The van der Waals surface area contributed by atoms with Crippen LogP contribution in [-0.4, -0.2) is 41.6 Å². The second kappa shape index (κ2) is 5.91. The minimum Gasteiger partial charge on any atom is -0.372 e. The molecule has 110 valence electrons. The number of rotatable bonds is 3. The van der Waals surface area contributed by atoms with Crippen LogP contribution in [0.2, 0.25) is 0 Å². The largest absolute Gasteiger partial charge is 0.372 e. The first-order chi connectivity index (χ1) is 10.2. The zero-order chi connectivity index (χ0) is 14.8. The van der Waals surface area contributed by atoms with Gasteiger partial charge in [0, 0.05) is 24.0 Å². The molecule has 3 heterocycles. The molecule has 0 saturated carbocycles. The molecular formula is C15H17N3O2S. The van der Waals surface area contributed by atoms with Gasteiger partial charge in [0.05, 0.1) is 41.0 Å². The Balaban J connectivity index is 1.94. The van der Waals surface area contributed by atoms with Gasteiger partial charge in [0.1, 0.15) is 0 Å². The van der Waals surface area contributed by atoms with Crippen LogP contribution in [0.5, 0.6) is 0 Å². The topological polar surface area (TPSA) is 55.3 Å². The number of anilines is 1. The number of pyridine rings is 1. The Morgan fingerprint density at radius 2 is 2.05 bits per heavy atom. The molecule has 1 aliphatic heterocycles. The summed E-state index contributed by atoms with van der Waals surface area (Å²) in [5, 5.41) is 1.93. The maximum absolute atomic E-state index is 11.5. The third kappa shape index (κ3) is 2.96. The SMILES string of the molecule is CC1CN(c2cnc(-c3cscn3)cc2C=O)CC(C)O1. The molecule has 0 spiro atoms. The van der Waals surface area contributed by atoms with Gasteiger partial charge in [0.2, 0.25) is 0 Å². The average Bonchev–Trinajstić information content (AvgIpc) is 2.99. The summed E-state index contributed by atoms with van der Waals surface area (Å²) in [6.07, 6.45) is 2.94. The van der Waals surface area contributed by atoms with Crippen molar-refractivity contribution in [3.63, 3.8) is 0 Å². The van der Waals surface area contributed by atoms with Crippen LogP contribution < -0.4 is 4.90 Å². The molecule has 2 unspecified atom stereocenters. The van der Waals surface area contributed by atoms with Crippen molar-refractivity contribution in [3.8, 4) is 11.4 Å². The molecule has 0 aliphatic carbocycles. The van der Waals surface area contributed by atoms with E-state index in [1.54, 1.807) is 11.7 Å². The highest BCUT2D eigenvalue weighted by Gasteiger charge is 2.24. The highest BCUT2D eigenvalue weighted by molar-refractivity contribution is 7.07. The number of aromatic nitrogens is 2. The Morgan fingerprint density at radius 3 is 2.67 bits per heavy atom. The van der Waals surface area contributed by atoms with Crippen LogP contribution in [0, 0.1) is 0 Å². The molecule has 2 aromatic rings. The molecule has 1 saturated heterocycles. The van der Waals surface area contributed by atoms with Crippen LogP contribution >= 0.6 is 11.3 Å². The van der Waals surface area contributed by atoms with Gasteiger partial charge >= 0.3 is 0 Å². The lowest BCUT2D eigenvalue weighted by atomic mass is 10.1. The van der Waals surface area contributed by atoms with Gasteiger partial charge in [-0.25, -0.2) is 4.98 Å². The van der Waals surface area contributed by atoms with E-state index in [1.807, 2.05) is 25.3 Å². The van der Waals surface area contributed by atoms with Gasteiger partial charge in [-0.2, -0.15) is 0 Å². The van der Waals surface area contributed by atoms with Crippen molar-refractivity contribution < 1.29 is 9.53 Å². The number of thiazole rings is 1. The Hall–Kier alpha value is -1.79. The molecule has 6 heteroatoms. The van der Waals surface area contributed by atoms with Gasteiger partial charge in [-0.1, -0.05) is 0 Å². The van der Waals surface area contributed by atoms with E-state index in [-0.39, 0.29) is 12.2 Å². The van der Waals surface area contributed by atoms with E-state index >= 15 is 0 Å². The summed E-state index contributed by atoms with van der Waals surface area (Å²) < 4.78 is 5.73. The predicted octanol–water partition coefficient (Wildman–Crippen LogP) is 2.63. The van der Waals surface area contributed by atoms with Crippen molar-refractivity contribution >= 4 is 23.3 Å². The number of nitrogens with zero attached hydrogens (tertiary/aromatic N) is 3. The van der Waals surface area contributed by atoms with Crippen molar-refractivity contribution in [2.45, 2.75) is 26.1 Å². The molecule has 3 rings (SSSR count). The second-order valence-electron chi connectivity index (χ2n) is 5.28. The Morgan fingerprint density at radius 1 is 1.29 bits per heavy atom. The number of morpholine rings is 1. The number of carbonyl (C=O) groups is 1. The molecule has 0 N–H and O–H groups in total. The number of aldehydes is 1. The van der Waals surface area contributed by atoms with Gasteiger partial charge in [0.25, 0.3) is 0 Å². The van der Waals surface area contributed by atoms with Crippen LogP contribution in [0.4, 0.5) is 5.69 Å². The summed E-state index contributed by atoms with van der Waals surface area (Å²) in [5.74, 6) is 0. The number of carbonyl (C=O) groups excluding carboxylic acids is 1. The highest BCUT2D eigenvalue weighted by Crippen LogP contribution is 2.26. The minimum absolute atomic E-state index is 0.145. The highest BCUT2D eigenvalue weighted by atomic mass is 32.1. The van der Waals surface area contributed by atoms with E-state index in [2.05, 4.69) is 14.9 Å². The summed E-state index contributed by atoms with van der Waals surface area (Å²) in [6.45, 7) is 5.62. The summed E-state index contributed by atoms with van der Waals surface area (Å²) in [7, 11) is 0. The summed E-state index contributed by atoms with van der Waals surface area (Å²) >= 11 is 1.51. The first-order valence-electron chi connectivity index (χ1n) is 6.91. The van der Waals surface area contributed by atoms with Crippen LogP contribution in [0.1, 0.15) is 24.2 Å². The maximum atomic E-state index is 11.5. The minimum atomic E-state index is 0.145. The average molecular weight is 303 g/mol. The van der Waals surface area contributed by atoms with Gasteiger partial charge < -0.3 is 9.64 Å². The first-order valence-corrected chi connectivity index (χ1v) is 7.86. The molecule has 5 nitrogen and oxygen atoms in total. The number of hydrogen-bond donors (Lipinski definition) is 0. The van der Waals surface area contributed by atoms with Crippen molar-refractivity contribution in [3.05, 3.63) is 28.7 Å². The maximum Gasteiger partial charge on any atom is 0.152 e. The lowest BCUT2D eigenvalue weighted by Crippen LogP contribution is -2.45. The molecule has 0 amide bonds. The lowest BCUT2D eigenvalue weighted by Gasteiger charge is -2.37. The van der Waals surface area contributed by atoms with Crippen LogP contribution in [-0.2, 0) is 4.74 Å². The quantitative estimate of drug-likeness (QED) is 0.816. The Bertz CT molecular complexity index is 620. The Kier molecular flexibility index (Phi) is 3.98. The lowest BCUT2D eigenvalue weighted by molar-refractivity contribution is -0.00527. The molecule has 21 heavy (non-hydrogen) atoms. The predicted molar refractivity (Wildman–Crippen MR) is 83.0 cm³/mol. The molecule has 0 radical (unpaired) electrons. The van der Waals surface area contributed by atoms with Crippen molar-refractivity contribution in [1.82, 2.24) is 9.97 Å². The number of ether oxygens (including phenoxy) is 1. The van der Waals surface area contributed by atoms with Gasteiger partial charge in [-0.15, -0.1) is 11.3 Å². The summed E-state index contributed by atoms with van der Waals surface area (Å²) in [5.41, 5.74) is 4.81. The normalized spacial score (nSPS) is 22.3. The van der Waals surface area contributed by atoms with Gasteiger partial charge in [-0.3, -0.25) is 9.78 Å². The standard InChI is InChI=1S/C15H17N3O2S/c1-10-5-18(6-11(2)20-10)15-4-16-13(3-12(15)7-19)14-8-21-9-17-14/h3-4,7-11H,5-6H2,1-2H3. The van der Waals surface area contributed by atoms with Crippen molar-refractivity contribution in [1.29, 1.82) is 0 Å². The molecule has 2 aromatic heterocycles. The zero-order valence-corrected chi connectivity index (χ0v) is 12.8. The van der Waals surface area contributed by atoms with E-state index in [0.717, 1.165) is 36.5 Å². The molecular weight excluding hydrogens is 286 g/mol.